The van der Waals surface area contributed by atoms with E-state index in [9.17, 15) is 4.79 Å². The summed E-state index contributed by atoms with van der Waals surface area (Å²) >= 11 is 0. The molecular weight excluding hydrogens is 382 g/mol. The highest BCUT2D eigenvalue weighted by atomic mass is 28.3. The molecule has 0 aliphatic rings. The Kier molecular flexibility index (Phi) is 4.92. The van der Waals surface area contributed by atoms with Crippen LogP contribution in [0.15, 0.2) is 77.6 Å². The Morgan fingerprint density at radius 2 is 1.43 bits per heavy atom. The predicted molar refractivity (Wildman–Crippen MR) is 131 cm³/mol. The van der Waals surface area contributed by atoms with Gasteiger partial charge >= 0.3 is 0 Å². The highest BCUT2D eigenvalue weighted by molar-refractivity contribution is 6.87. The van der Waals surface area contributed by atoms with Crippen molar-refractivity contribution in [2.24, 2.45) is 0 Å². The van der Waals surface area contributed by atoms with Gasteiger partial charge in [0.1, 0.15) is 8.07 Å². The Morgan fingerprint density at radius 1 is 0.800 bits per heavy atom. The maximum atomic E-state index is 13.1. The van der Waals surface area contributed by atoms with Crippen LogP contribution in [0, 0.1) is 11.5 Å². The van der Waals surface area contributed by atoms with Crippen LogP contribution in [0.4, 0.5) is 0 Å². The summed E-state index contributed by atoms with van der Waals surface area (Å²) in [4.78, 5) is 13.1. The Balaban J connectivity index is 2.21. The summed E-state index contributed by atoms with van der Waals surface area (Å²) in [6, 6.07) is 23.9. The molecular formula is C27H27NOSi. The van der Waals surface area contributed by atoms with E-state index in [1.807, 2.05) is 46.9 Å². The largest absolute Gasteiger partial charge is 0.275 e. The van der Waals surface area contributed by atoms with Gasteiger partial charge < -0.3 is 0 Å². The fourth-order valence-corrected chi connectivity index (χ4v) is 4.31. The van der Waals surface area contributed by atoms with Crippen LogP contribution < -0.4 is 5.56 Å². The van der Waals surface area contributed by atoms with Crippen LogP contribution in [0.1, 0.15) is 26.3 Å². The molecule has 0 bridgehead atoms. The normalized spacial score (nSPS) is 12.0. The fourth-order valence-electron chi connectivity index (χ4n) is 3.50. The topological polar surface area (TPSA) is 21.5 Å². The summed E-state index contributed by atoms with van der Waals surface area (Å²) in [6.45, 7) is 11.5. The van der Waals surface area contributed by atoms with Gasteiger partial charge in [-0.25, -0.2) is 0 Å². The Bertz CT molecular complexity index is 1360. The highest BCUT2D eigenvalue weighted by Gasteiger charge is 2.33. The number of hydrogen-bond donors (Lipinski definition) is 0. The van der Waals surface area contributed by atoms with Crippen molar-refractivity contribution in [1.29, 1.82) is 0 Å². The average molecular weight is 410 g/mol. The highest BCUT2D eigenvalue weighted by Crippen LogP contribution is 2.36. The molecule has 3 heteroatoms. The van der Waals surface area contributed by atoms with E-state index in [4.69, 9.17) is 0 Å². The van der Waals surface area contributed by atoms with Gasteiger partial charge in [-0.2, -0.15) is 0 Å². The molecule has 0 radical (unpaired) electrons. The number of rotatable bonds is 1. The van der Waals surface area contributed by atoms with Crippen molar-refractivity contribution in [1.82, 2.24) is 4.40 Å². The van der Waals surface area contributed by atoms with E-state index < -0.39 is 8.07 Å². The maximum Gasteiger partial charge on any atom is 0.255 e. The first kappa shape index (κ1) is 20.2. The molecule has 30 heavy (non-hydrogen) atoms. The van der Waals surface area contributed by atoms with Crippen LogP contribution in [0.2, 0.25) is 18.1 Å². The number of hydrogen-bond acceptors (Lipinski definition) is 1. The molecule has 4 rings (SSSR count). The van der Waals surface area contributed by atoms with Gasteiger partial charge in [0.25, 0.3) is 5.56 Å². The first-order valence-corrected chi connectivity index (χ1v) is 13.4. The van der Waals surface area contributed by atoms with E-state index in [-0.39, 0.29) is 10.6 Å². The average Bonchev–Trinajstić information content (AvgIpc) is 2.72. The first-order valence-electron chi connectivity index (χ1n) is 10.4. The molecule has 0 spiro atoms. The molecule has 2 aromatic carbocycles. The fraction of sp³-hybridized carbons (Fsp3) is 0.222. The van der Waals surface area contributed by atoms with Crippen LogP contribution in [0.25, 0.3) is 27.5 Å². The Hall–Kier alpha value is -3.09. The SMILES string of the molecule is CC(C)(C)[Si](C)(C)C#Cc1c(-c2ccccc2)n2c(=O)cccc2c2ccccc12. The first-order chi connectivity index (χ1) is 14.2. The molecule has 0 amide bonds. The van der Waals surface area contributed by atoms with Crippen molar-refractivity contribution in [3.05, 3.63) is 88.7 Å². The molecule has 0 aliphatic heterocycles. The summed E-state index contributed by atoms with van der Waals surface area (Å²) in [7, 11) is -1.83. The molecule has 0 N–H and O–H groups in total. The second-order valence-corrected chi connectivity index (χ2v) is 14.3. The van der Waals surface area contributed by atoms with E-state index in [0.717, 1.165) is 33.1 Å². The number of benzene rings is 2. The second-order valence-electron chi connectivity index (χ2n) is 9.34. The summed E-state index contributed by atoms with van der Waals surface area (Å²) in [5.74, 6) is 3.57. The van der Waals surface area contributed by atoms with Crippen molar-refractivity contribution in [2.75, 3.05) is 0 Å². The number of fused-ring (bicyclic) bond motifs is 3. The standard InChI is InChI=1S/C27H27NOSi/c1-27(2,3)30(4,5)19-18-23-21-14-9-10-15-22(21)24-16-11-17-25(29)28(24)26(23)20-12-7-6-8-13-20/h6-17H,1-5H3. The Morgan fingerprint density at radius 3 is 2.10 bits per heavy atom. The van der Waals surface area contributed by atoms with E-state index in [2.05, 4.69) is 69.6 Å². The zero-order valence-corrected chi connectivity index (χ0v) is 19.3. The van der Waals surface area contributed by atoms with Crippen LogP contribution in [0.3, 0.4) is 0 Å². The number of aromatic nitrogens is 1. The van der Waals surface area contributed by atoms with Crippen molar-refractivity contribution < 1.29 is 0 Å². The molecule has 150 valence electrons. The molecule has 0 saturated carbocycles. The van der Waals surface area contributed by atoms with Crippen molar-refractivity contribution in [3.8, 4) is 22.7 Å². The van der Waals surface area contributed by atoms with Crippen LogP contribution >= 0.6 is 0 Å². The molecule has 2 nitrogen and oxygen atoms in total. The molecule has 2 aromatic heterocycles. The lowest BCUT2D eigenvalue weighted by atomic mass is 9.98. The summed E-state index contributed by atoms with van der Waals surface area (Å²) < 4.78 is 1.83. The van der Waals surface area contributed by atoms with Gasteiger partial charge in [-0.05, 0) is 16.7 Å². The van der Waals surface area contributed by atoms with Gasteiger partial charge in [0, 0.05) is 16.8 Å². The lowest BCUT2D eigenvalue weighted by Crippen LogP contribution is -2.35. The van der Waals surface area contributed by atoms with Crippen molar-refractivity contribution >= 4 is 24.4 Å². The second kappa shape index (κ2) is 7.30. The molecule has 0 unspecified atom stereocenters. The molecule has 0 atom stereocenters. The quantitative estimate of drug-likeness (QED) is 0.199. The lowest BCUT2D eigenvalue weighted by Gasteiger charge is -2.31. The summed E-state index contributed by atoms with van der Waals surface area (Å²) in [5, 5.41) is 2.30. The van der Waals surface area contributed by atoms with E-state index >= 15 is 0 Å². The van der Waals surface area contributed by atoms with Crippen LogP contribution in [0.5, 0.6) is 0 Å². The number of pyridine rings is 2. The summed E-state index contributed by atoms with van der Waals surface area (Å²) in [6.07, 6.45) is 0. The minimum Gasteiger partial charge on any atom is -0.275 e. The summed E-state index contributed by atoms with van der Waals surface area (Å²) in [5.41, 5.74) is 7.36. The van der Waals surface area contributed by atoms with Crippen molar-refractivity contribution in [2.45, 2.75) is 38.9 Å². The Labute approximate surface area is 179 Å². The van der Waals surface area contributed by atoms with Gasteiger partial charge in [0.2, 0.25) is 0 Å². The zero-order valence-electron chi connectivity index (χ0n) is 18.3. The zero-order chi connectivity index (χ0) is 21.5. The minimum absolute atomic E-state index is 0.0347. The van der Waals surface area contributed by atoms with E-state index in [1.165, 1.54) is 0 Å². The molecule has 4 aromatic rings. The van der Waals surface area contributed by atoms with Gasteiger partial charge in [-0.15, -0.1) is 5.54 Å². The number of nitrogens with zero attached hydrogens (tertiary/aromatic N) is 1. The van der Waals surface area contributed by atoms with Gasteiger partial charge in [0.05, 0.1) is 16.8 Å². The molecule has 0 aliphatic carbocycles. The van der Waals surface area contributed by atoms with Gasteiger partial charge in [-0.1, -0.05) is 100 Å². The maximum absolute atomic E-state index is 13.1. The molecule has 0 saturated heterocycles. The van der Waals surface area contributed by atoms with E-state index in [0.29, 0.717) is 0 Å². The smallest absolute Gasteiger partial charge is 0.255 e. The molecule has 2 heterocycles. The lowest BCUT2D eigenvalue weighted by molar-refractivity contribution is 0.731. The van der Waals surface area contributed by atoms with Gasteiger partial charge in [0.15, 0.2) is 0 Å². The van der Waals surface area contributed by atoms with Gasteiger partial charge in [-0.3, -0.25) is 9.20 Å². The third-order valence-electron chi connectivity index (χ3n) is 6.31. The van der Waals surface area contributed by atoms with Crippen LogP contribution in [-0.2, 0) is 0 Å². The van der Waals surface area contributed by atoms with E-state index in [1.54, 1.807) is 6.07 Å². The third kappa shape index (κ3) is 3.38. The van der Waals surface area contributed by atoms with Crippen molar-refractivity contribution in [3.63, 3.8) is 0 Å². The minimum atomic E-state index is -1.83. The van der Waals surface area contributed by atoms with Crippen LogP contribution in [-0.4, -0.2) is 12.5 Å². The third-order valence-corrected chi connectivity index (χ3v) is 10.8. The monoisotopic (exact) mass is 409 g/mol. The molecule has 0 fully saturated rings. The predicted octanol–water partition coefficient (Wildman–Crippen LogP) is 6.52.